The highest BCUT2D eigenvalue weighted by atomic mass is 32.1. The summed E-state index contributed by atoms with van der Waals surface area (Å²) < 4.78 is 7.48. The normalized spacial score (nSPS) is 10.5. The number of nitrogens with zero attached hydrogens (tertiary/aromatic N) is 3. The van der Waals surface area contributed by atoms with Crippen LogP contribution in [-0.4, -0.2) is 19.7 Å². The van der Waals surface area contributed by atoms with Gasteiger partial charge >= 0.3 is 0 Å². The van der Waals surface area contributed by atoms with Gasteiger partial charge in [-0.2, -0.15) is 4.98 Å². The molecule has 2 aromatic heterocycles. The third-order valence-corrected chi connectivity index (χ3v) is 2.05. The van der Waals surface area contributed by atoms with E-state index in [4.69, 9.17) is 16.7 Å². The summed E-state index contributed by atoms with van der Waals surface area (Å²) in [5.41, 5.74) is 0. The molecule has 0 aromatic carbocycles. The predicted molar refractivity (Wildman–Crippen MR) is 47.6 cm³/mol. The van der Waals surface area contributed by atoms with Crippen molar-refractivity contribution in [1.29, 1.82) is 0 Å². The van der Waals surface area contributed by atoms with Crippen LogP contribution >= 0.6 is 12.2 Å². The third-order valence-electron chi connectivity index (χ3n) is 1.70. The van der Waals surface area contributed by atoms with E-state index in [0.717, 1.165) is 6.54 Å². The third kappa shape index (κ3) is 1.83. The van der Waals surface area contributed by atoms with E-state index in [1.54, 1.807) is 6.20 Å². The van der Waals surface area contributed by atoms with Crippen LogP contribution in [0.15, 0.2) is 23.2 Å². The summed E-state index contributed by atoms with van der Waals surface area (Å²) in [4.78, 5) is 6.82. The molecule has 0 aliphatic rings. The van der Waals surface area contributed by atoms with Gasteiger partial charge in [-0.25, -0.2) is 0 Å². The Balaban J connectivity index is 2.01. The molecule has 5 nitrogen and oxygen atoms in total. The van der Waals surface area contributed by atoms with Crippen LogP contribution in [0.25, 0.3) is 0 Å². The maximum absolute atomic E-state index is 5.02. The van der Waals surface area contributed by atoms with Crippen LogP contribution in [0.2, 0.25) is 0 Å². The molecule has 0 fully saturated rings. The van der Waals surface area contributed by atoms with Gasteiger partial charge in [-0.15, -0.1) is 0 Å². The zero-order valence-electron chi connectivity index (χ0n) is 6.80. The number of aromatic nitrogens is 4. The monoisotopic (exact) mass is 196 g/mol. The van der Waals surface area contributed by atoms with Gasteiger partial charge in [0, 0.05) is 25.4 Å². The molecule has 13 heavy (non-hydrogen) atoms. The smallest absolute Gasteiger partial charge is 0.228 e. The van der Waals surface area contributed by atoms with Crippen molar-refractivity contribution in [2.75, 3.05) is 0 Å². The molecule has 0 unspecified atom stereocenters. The summed E-state index contributed by atoms with van der Waals surface area (Å²) in [6.07, 6.45) is 5.78. The van der Waals surface area contributed by atoms with Gasteiger partial charge in [0.15, 0.2) is 11.1 Å². The average molecular weight is 196 g/mol. The van der Waals surface area contributed by atoms with Crippen molar-refractivity contribution >= 4 is 12.2 Å². The summed E-state index contributed by atoms with van der Waals surface area (Å²) in [7, 11) is 0. The second kappa shape index (κ2) is 3.53. The van der Waals surface area contributed by atoms with E-state index in [-0.39, 0.29) is 0 Å². The van der Waals surface area contributed by atoms with Crippen LogP contribution in [0, 0.1) is 4.77 Å². The first-order chi connectivity index (χ1) is 6.36. The Morgan fingerprint density at radius 1 is 1.62 bits per heavy atom. The van der Waals surface area contributed by atoms with Crippen molar-refractivity contribution in [2.24, 2.45) is 0 Å². The molecule has 0 saturated carbocycles. The molecule has 68 valence electrons. The van der Waals surface area contributed by atoms with Gasteiger partial charge in [0.1, 0.15) is 0 Å². The molecular weight excluding hydrogens is 188 g/mol. The first kappa shape index (κ1) is 8.18. The number of aryl methyl sites for hydroxylation is 2. The Hall–Kier alpha value is -1.43. The van der Waals surface area contributed by atoms with Crippen molar-refractivity contribution in [1.82, 2.24) is 19.7 Å². The van der Waals surface area contributed by atoms with Crippen molar-refractivity contribution in [3.63, 3.8) is 0 Å². The van der Waals surface area contributed by atoms with Crippen LogP contribution in [-0.2, 0) is 13.0 Å². The minimum Gasteiger partial charge on any atom is -0.340 e. The van der Waals surface area contributed by atoms with E-state index in [9.17, 15) is 0 Å². The number of imidazole rings is 1. The number of hydrogen-bond donors (Lipinski definition) is 1. The standard InChI is InChI=1S/C7H8N4OS/c13-7-8-2-4-11(7)3-1-6-9-5-10-12-6/h2,4-5H,1,3H2,(H,8,13). The van der Waals surface area contributed by atoms with Crippen LogP contribution in [0.5, 0.6) is 0 Å². The molecule has 6 heteroatoms. The molecule has 0 atom stereocenters. The lowest BCUT2D eigenvalue weighted by Gasteiger charge is -1.96. The number of aromatic amines is 1. The van der Waals surface area contributed by atoms with E-state index >= 15 is 0 Å². The lowest BCUT2D eigenvalue weighted by Crippen LogP contribution is -1.99. The molecule has 1 N–H and O–H groups in total. The highest BCUT2D eigenvalue weighted by Crippen LogP contribution is 1.97. The van der Waals surface area contributed by atoms with Crippen LogP contribution in [0.4, 0.5) is 0 Å². The molecular formula is C7H8N4OS. The van der Waals surface area contributed by atoms with Gasteiger partial charge in [-0.3, -0.25) is 0 Å². The van der Waals surface area contributed by atoms with Gasteiger partial charge in [-0.1, -0.05) is 5.16 Å². The van der Waals surface area contributed by atoms with Gasteiger partial charge < -0.3 is 14.1 Å². The summed E-state index contributed by atoms with van der Waals surface area (Å²) in [5, 5.41) is 3.52. The first-order valence-electron chi connectivity index (χ1n) is 3.85. The molecule has 0 radical (unpaired) electrons. The van der Waals surface area contributed by atoms with E-state index in [0.29, 0.717) is 17.1 Å². The summed E-state index contributed by atoms with van der Waals surface area (Å²) >= 11 is 5.02. The molecule has 2 heterocycles. The maximum atomic E-state index is 5.02. The van der Waals surface area contributed by atoms with Gasteiger partial charge in [0.05, 0.1) is 0 Å². The number of hydrogen-bond acceptors (Lipinski definition) is 4. The molecule has 0 spiro atoms. The minimum atomic E-state index is 0.628. The fraction of sp³-hybridized carbons (Fsp3) is 0.286. The highest BCUT2D eigenvalue weighted by Gasteiger charge is 1.99. The van der Waals surface area contributed by atoms with E-state index < -0.39 is 0 Å². The Labute approximate surface area is 79.4 Å². The van der Waals surface area contributed by atoms with E-state index in [1.807, 2.05) is 10.8 Å². The Morgan fingerprint density at radius 3 is 3.15 bits per heavy atom. The lowest BCUT2D eigenvalue weighted by atomic mass is 10.4. The van der Waals surface area contributed by atoms with Gasteiger partial charge in [0.2, 0.25) is 5.89 Å². The molecule has 2 rings (SSSR count). The summed E-state index contributed by atoms with van der Waals surface area (Å²) in [5.74, 6) is 0.628. The van der Waals surface area contributed by atoms with Gasteiger partial charge in [0.25, 0.3) is 0 Å². The fourth-order valence-corrected chi connectivity index (χ4v) is 1.27. The average Bonchev–Trinajstić information content (AvgIpc) is 2.72. The molecule has 2 aromatic rings. The molecule has 0 aliphatic heterocycles. The minimum absolute atomic E-state index is 0.628. The Kier molecular flexibility index (Phi) is 2.22. The quantitative estimate of drug-likeness (QED) is 0.748. The Morgan fingerprint density at radius 2 is 2.54 bits per heavy atom. The van der Waals surface area contributed by atoms with Crippen LogP contribution < -0.4 is 0 Å². The summed E-state index contributed by atoms with van der Waals surface area (Å²) in [6.45, 7) is 0.754. The zero-order valence-corrected chi connectivity index (χ0v) is 7.62. The SMILES string of the molecule is S=c1[nH]ccn1CCc1ncno1. The number of H-pyrrole nitrogens is 1. The zero-order chi connectivity index (χ0) is 9.10. The van der Waals surface area contributed by atoms with Crippen LogP contribution in [0.3, 0.4) is 0 Å². The highest BCUT2D eigenvalue weighted by molar-refractivity contribution is 7.71. The van der Waals surface area contributed by atoms with E-state index in [1.165, 1.54) is 6.33 Å². The summed E-state index contributed by atoms with van der Waals surface area (Å²) in [6, 6.07) is 0. The maximum Gasteiger partial charge on any atom is 0.228 e. The second-order valence-electron chi connectivity index (χ2n) is 2.54. The van der Waals surface area contributed by atoms with Crippen molar-refractivity contribution in [3.8, 4) is 0 Å². The van der Waals surface area contributed by atoms with Crippen molar-refractivity contribution in [2.45, 2.75) is 13.0 Å². The Bertz CT molecular complexity index is 416. The molecule has 0 amide bonds. The van der Waals surface area contributed by atoms with Gasteiger partial charge in [-0.05, 0) is 12.2 Å². The van der Waals surface area contributed by atoms with Crippen molar-refractivity contribution < 1.29 is 4.52 Å². The van der Waals surface area contributed by atoms with Crippen molar-refractivity contribution in [3.05, 3.63) is 29.4 Å². The van der Waals surface area contributed by atoms with E-state index in [2.05, 4.69) is 15.1 Å². The number of nitrogens with one attached hydrogen (secondary N) is 1. The fourth-order valence-electron chi connectivity index (χ4n) is 1.05. The van der Waals surface area contributed by atoms with Crippen LogP contribution in [0.1, 0.15) is 5.89 Å². The topological polar surface area (TPSA) is 59.6 Å². The molecule has 0 saturated heterocycles. The second-order valence-corrected chi connectivity index (χ2v) is 2.93. The predicted octanol–water partition coefficient (Wildman–Crippen LogP) is 1.17. The largest absolute Gasteiger partial charge is 0.340 e. The first-order valence-corrected chi connectivity index (χ1v) is 4.26. The molecule has 0 aliphatic carbocycles. The molecule has 0 bridgehead atoms. The number of rotatable bonds is 3. The lowest BCUT2D eigenvalue weighted by molar-refractivity contribution is 0.370.